The molecule has 0 saturated carbocycles. The van der Waals surface area contributed by atoms with Crippen molar-refractivity contribution in [3.8, 4) is 0 Å². The number of amides is 3. The van der Waals surface area contributed by atoms with Crippen molar-refractivity contribution in [1.29, 1.82) is 0 Å². The standard InChI is InChI=1S/C17H21ClN4O3/c1-2-25-9-3-6-19-15(23)11-22-14-10-12(18)4-5-13(14)16-20-7-8-21(16)17(22)24/h4-5,10H,2-3,6-9,11H2,1H3,(H,19,23). The molecule has 3 rings (SSSR count). The summed E-state index contributed by atoms with van der Waals surface area (Å²) in [5, 5.41) is 3.33. The van der Waals surface area contributed by atoms with E-state index in [4.69, 9.17) is 16.3 Å². The number of benzene rings is 1. The first kappa shape index (κ1) is 17.7. The molecule has 0 saturated heterocycles. The van der Waals surface area contributed by atoms with Gasteiger partial charge in [0, 0.05) is 36.9 Å². The van der Waals surface area contributed by atoms with Crippen LogP contribution in [0.3, 0.4) is 0 Å². The minimum Gasteiger partial charge on any atom is -0.382 e. The van der Waals surface area contributed by atoms with Gasteiger partial charge in [-0.1, -0.05) is 11.6 Å². The Labute approximate surface area is 151 Å². The van der Waals surface area contributed by atoms with Gasteiger partial charge in [-0.25, -0.2) is 4.79 Å². The summed E-state index contributed by atoms with van der Waals surface area (Å²) < 4.78 is 5.24. The molecule has 1 N–H and O–H groups in total. The van der Waals surface area contributed by atoms with Crippen molar-refractivity contribution in [1.82, 2.24) is 10.2 Å². The highest BCUT2D eigenvalue weighted by Gasteiger charge is 2.37. The Morgan fingerprint density at radius 2 is 2.28 bits per heavy atom. The van der Waals surface area contributed by atoms with Crippen LogP contribution in [-0.4, -0.2) is 62.1 Å². The number of ether oxygens (including phenoxy) is 1. The lowest BCUT2D eigenvalue weighted by molar-refractivity contribution is -0.119. The van der Waals surface area contributed by atoms with Gasteiger partial charge in [-0.3, -0.25) is 19.6 Å². The topological polar surface area (TPSA) is 74.2 Å². The number of nitrogens with zero attached hydrogens (tertiary/aromatic N) is 3. The fraction of sp³-hybridized carbons (Fsp3) is 0.471. The lowest BCUT2D eigenvalue weighted by Gasteiger charge is -2.35. The molecule has 0 bridgehead atoms. The van der Waals surface area contributed by atoms with Crippen LogP contribution < -0.4 is 10.2 Å². The summed E-state index contributed by atoms with van der Waals surface area (Å²) in [4.78, 5) is 32.5. The van der Waals surface area contributed by atoms with Crippen molar-refractivity contribution < 1.29 is 14.3 Å². The average molecular weight is 365 g/mol. The van der Waals surface area contributed by atoms with Gasteiger partial charge in [-0.2, -0.15) is 0 Å². The van der Waals surface area contributed by atoms with Crippen LogP contribution in [0.25, 0.3) is 0 Å². The summed E-state index contributed by atoms with van der Waals surface area (Å²) in [6.07, 6.45) is 0.735. The summed E-state index contributed by atoms with van der Waals surface area (Å²) in [6, 6.07) is 5.07. The normalized spacial score (nSPS) is 15.8. The molecule has 0 unspecified atom stereocenters. The Hall–Kier alpha value is -2.12. The van der Waals surface area contributed by atoms with Gasteiger partial charge >= 0.3 is 6.03 Å². The van der Waals surface area contributed by atoms with Gasteiger partial charge in [0.15, 0.2) is 0 Å². The molecule has 134 valence electrons. The van der Waals surface area contributed by atoms with E-state index in [1.165, 1.54) is 4.90 Å². The van der Waals surface area contributed by atoms with E-state index in [2.05, 4.69) is 10.3 Å². The van der Waals surface area contributed by atoms with Crippen LogP contribution in [0.4, 0.5) is 10.5 Å². The quantitative estimate of drug-likeness (QED) is 0.751. The van der Waals surface area contributed by atoms with Gasteiger partial charge in [0.2, 0.25) is 5.91 Å². The van der Waals surface area contributed by atoms with Crippen molar-refractivity contribution >= 4 is 35.1 Å². The first-order valence-corrected chi connectivity index (χ1v) is 8.77. The first-order chi connectivity index (χ1) is 12.1. The highest BCUT2D eigenvalue weighted by atomic mass is 35.5. The lowest BCUT2D eigenvalue weighted by atomic mass is 10.1. The van der Waals surface area contributed by atoms with E-state index in [1.54, 1.807) is 17.0 Å². The number of carbonyl (C=O) groups is 2. The minimum atomic E-state index is -0.240. The van der Waals surface area contributed by atoms with Crippen molar-refractivity contribution in [3.05, 3.63) is 28.8 Å². The van der Waals surface area contributed by atoms with E-state index in [1.807, 2.05) is 13.0 Å². The highest BCUT2D eigenvalue weighted by molar-refractivity contribution is 6.31. The average Bonchev–Trinajstić information content (AvgIpc) is 3.08. The lowest BCUT2D eigenvalue weighted by Crippen LogP contribution is -2.52. The largest absolute Gasteiger partial charge is 0.382 e. The van der Waals surface area contributed by atoms with Crippen LogP contribution in [-0.2, 0) is 9.53 Å². The third-order valence-electron chi connectivity index (χ3n) is 4.09. The number of carbonyl (C=O) groups excluding carboxylic acids is 2. The molecule has 25 heavy (non-hydrogen) atoms. The van der Waals surface area contributed by atoms with E-state index in [-0.39, 0.29) is 18.5 Å². The summed E-state index contributed by atoms with van der Waals surface area (Å²) in [6.45, 7) is 4.76. The number of hydrogen-bond acceptors (Lipinski definition) is 4. The van der Waals surface area contributed by atoms with Crippen LogP contribution >= 0.6 is 11.6 Å². The zero-order valence-electron chi connectivity index (χ0n) is 14.1. The minimum absolute atomic E-state index is 0.0510. The van der Waals surface area contributed by atoms with E-state index < -0.39 is 0 Å². The molecule has 0 radical (unpaired) electrons. The number of amidine groups is 1. The van der Waals surface area contributed by atoms with E-state index in [0.717, 1.165) is 12.0 Å². The van der Waals surface area contributed by atoms with E-state index in [0.29, 0.717) is 49.4 Å². The molecule has 7 nitrogen and oxygen atoms in total. The van der Waals surface area contributed by atoms with Gasteiger partial charge in [0.25, 0.3) is 0 Å². The number of anilines is 1. The number of aliphatic imine (C=N–C) groups is 1. The summed E-state index contributed by atoms with van der Waals surface area (Å²) >= 11 is 6.10. The molecule has 1 aromatic rings. The number of hydrogen-bond donors (Lipinski definition) is 1. The van der Waals surface area contributed by atoms with Crippen LogP contribution in [0.1, 0.15) is 18.9 Å². The SMILES string of the molecule is CCOCCCNC(=O)CN1C(=O)N2CCN=C2c2ccc(Cl)cc21. The molecule has 3 amide bonds. The van der Waals surface area contributed by atoms with Crippen molar-refractivity contribution in [2.75, 3.05) is 44.3 Å². The summed E-state index contributed by atoms with van der Waals surface area (Å²) in [7, 11) is 0. The van der Waals surface area contributed by atoms with Crippen LogP contribution in [0.15, 0.2) is 23.2 Å². The predicted octanol–water partition coefficient (Wildman–Crippen LogP) is 1.89. The van der Waals surface area contributed by atoms with Gasteiger partial charge in [0.05, 0.1) is 12.2 Å². The molecule has 0 aromatic heterocycles. The molecule has 8 heteroatoms. The Bertz CT molecular complexity index is 707. The monoisotopic (exact) mass is 364 g/mol. The summed E-state index contributed by atoms with van der Waals surface area (Å²) in [5.41, 5.74) is 1.45. The van der Waals surface area contributed by atoms with Gasteiger partial charge in [-0.05, 0) is 31.5 Å². The second-order valence-corrected chi connectivity index (χ2v) is 6.22. The van der Waals surface area contributed by atoms with E-state index >= 15 is 0 Å². The van der Waals surface area contributed by atoms with Crippen molar-refractivity contribution in [3.63, 3.8) is 0 Å². The highest BCUT2D eigenvalue weighted by Crippen LogP contribution is 2.32. The van der Waals surface area contributed by atoms with Gasteiger partial charge in [-0.15, -0.1) is 0 Å². The zero-order valence-corrected chi connectivity index (χ0v) is 14.9. The third kappa shape index (κ3) is 3.77. The number of halogens is 1. The summed E-state index contributed by atoms with van der Waals surface area (Å²) in [5.74, 6) is 0.445. The van der Waals surface area contributed by atoms with Crippen LogP contribution in [0.5, 0.6) is 0 Å². The number of nitrogens with one attached hydrogen (secondary N) is 1. The number of urea groups is 1. The molecular weight excluding hydrogens is 344 g/mol. The zero-order chi connectivity index (χ0) is 17.8. The number of rotatable bonds is 7. The second-order valence-electron chi connectivity index (χ2n) is 5.79. The molecule has 2 aliphatic heterocycles. The third-order valence-corrected chi connectivity index (χ3v) is 4.32. The van der Waals surface area contributed by atoms with Crippen molar-refractivity contribution in [2.45, 2.75) is 13.3 Å². The molecule has 2 aliphatic rings. The smallest absolute Gasteiger partial charge is 0.330 e. The van der Waals surface area contributed by atoms with Crippen LogP contribution in [0.2, 0.25) is 5.02 Å². The Kier molecular flexibility index (Phi) is 5.55. The maximum atomic E-state index is 12.8. The molecule has 2 heterocycles. The Balaban J connectivity index is 1.72. The fourth-order valence-electron chi connectivity index (χ4n) is 2.93. The maximum absolute atomic E-state index is 12.8. The molecular formula is C17H21ClN4O3. The van der Waals surface area contributed by atoms with Crippen molar-refractivity contribution in [2.24, 2.45) is 4.99 Å². The fourth-order valence-corrected chi connectivity index (χ4v) is 3.09. The van der Waals surface area contributed by atoms with Gasteiger partial charge in [0.1, 0.15) is 12.4 Å². The number of fused-ring (bicyclic) bond motifs is 3. The molecule has 0 aliphatic carbocycles. The van der Waals surface area contributed by atoms with Gasteiger partial charge < -0.3 is 10.1 Å². The molecule has 1 aromatic carbocycles. The maximum Gasteiger partial charge on any atom is 0.330 e. The molecule has 0 fully saturated rings. The van der Waals surface area contributed by atoms with Crippen LogP contribution in [0, 0.1) is 0 Å². The Morgan fingerprint density at radius 1 is 1.44 bits per heavy atom. The van der Waals surface area contributed by atoms with E-state index in [9.17, 15) is 9.59 Å². The first-order valence-electron chi connectivity index (χ1n) is 8.39. The Morgan fingerprint density at radius 3 is 3.08 bits per heavy atom. The second kappa shape index (κ2) is 7.84. The molecule has 0 atom stereocenters. The molecule has 0 spiro atoms. The predicted molar refractivity (Wildman–Crippen MR) is 96.4 cm³/mol.